The molecular weight excluding hydrogens is 427 g/mol. The zero-order valence-electron chi connectivity index (χ0n) is 17.4. The van der Waals surface area contributed by atoms with Gasteiger partial charge in [0.15, 0.2) is 0 Å². The van der Waals surface area contributed by atoms with Gasteiger partial charge in [0.05, 0.1) is 28.2 Å². The molecule has 1 amide bonds. The highest BCUT2D eigenvalue weighted by Crippen LogP contribution is 2.37. The predicted octanol–water partition coefficient (Wildman–Crippen LogP) is 2.41. The van der Waals surface area contributed by atoms with E-state index in [2.05, 4.69) is 9.97 Å². The third-order valence-electron chi connectivity index (χ3n) is 5.75. The van der Waals surface area contributed by atoms with Crippen molar-refractivity contribution in [3.63, 3.8) is 0 Å². The van der Waals surface area contributed by atoms with Crippen LogP contribution >= 0.6 is 0 Å². The third-order valence-corrected chi connectivity index (χ3v) is 5.75. The standard InChI is InChI=1S/C21H20F3N5O3/c1-27-17-16(19(31)28(2)20(27)32)13(21(22,23)24)10-14(26-17)15-7-3-4-9-29(15)18(30)12-6-5-8-25-11-12/h5-6,8,10-11,15H,3-4,7,9H2,1-2H3. The fourth-order valence-corrected chi connectivity index (χ4v) is 4.11. The normalized spacial score (nSPS) is 17.0. The minimum absolute atomic E-state index is 0.00924. The Morgan fingerprint density at radius 2 is 1.91 bits per heavy atom. The molecule has 0 radical (unpaired) electrons. The van der Waals surface area contributed by atoms with Crippen LogP contribution in [0.1, 0.15) is 46.9 Å². The molecule has 3 aromatic heterocycles. The number of alkyl halides is 3. The second-order valence-electron chi connectivity index (χ2n) is 7.75. The molecule has 0 N–H and O–H groups in total. The van der Waals surface area contributed by atoms with E-state index in [1.165, 1.54) is 24.3 Å². The van der Waals surface area contributed by atoms with Gasteiger partial charge >= 0.3 is 11.9 Å². The molecule has 1 aliphatic rings. The molecule has 1 aliphatic heterocycles. The first-order valence-corrected chi connectivity index (χ1v) is 10.00. The van der Waals surface area contributed by atoms with Crippen molar-refractivity contribution < 1.29 is 18.0 Å². The molecule has 4 heterocycles. The van der Waals surface area contributed by atoms with E-state index in [1.54, 1.807) is 12.1 Å². The SMILES string of the molecule is Cn1c(=O)c2c(C(F)(F)F)cc(C3CCCCN3C(=O)c3cccnc3)nc2n(C)c1=O. The van der Waals surface area contributed by atoms with E-state index < -0.39 is 34.4 Å². The molecule has 1 fully saturated rings. The Bertz CT molecular complexity index is 1310. The Morgan fingerprint density at radius 3 is 2.56 bits per heavy atom. The highest BCUT2D eigenvalue weighted by molar-refractivity contribution is 5.94. The molecule has 8 nitrogen and oxygen atoms in total. The fourth-order valence-electron chi connectivity index (χ4n) is 4.11. The maximum atomic E-state index is 14.0. The number of halogens is 3. The number of piperidine rings is 1. The first-order chi connectivity index (χ1) is 15.1. The zero-order chi connectivity index (χ0) is 23.2. The van der Waals surface area contributed by atoms with Gasteiger partial charge in [-0.1, -0.05) is 0 Å². The van der Waals surface area contributed by atoms with Crippen molar-refractivity contribution in [3.05, 3.63) is 68.3 Å². The van der Waals surface area contributed by atoms with Crippen LogP contribution in [-0.4, -0.2) is 36.5 Å². The van der Waals surface area contributed by atoms with Gasteiger partial charge in [0, 0.05) is 33.0 Å². The lowest BCUT2D eigenvalue weighted by molar-refractivity contribution is -0.136. The quantitative estimate of drug-likeness (QED) is 0.602. The average Bonchev–Trinajstić information content (AvgIpc) is 2.80. The maximum absolute atomic E-state index is 14.0. The molecule has 0 aromatic carbocycles. The number of carbonyl (C=O) groups excluding carboxylic acids is 1. The van der Waals surface area contributed by atoms with Crippen LogP contribution in [0, 0.1) is 0 Å². The highest BCUT2D eigenvalue weighted by atomic mass is 19.4. The second-order valence-corrected chi connectivity index (χ2v) is 7.75. The van der Waals surface area contributed by atoms with Gasteiger partial charge in [0.2, 0.25) is 0 Å². The molecule has 3 aromatic rings. The summed E-state index contributed by atoms with van der Waals surface area (Å²) in [5, 5.41) is -0.674. The number of nitrogens with zero attached hydrogens (tertiary/aromatic N) is 5. The summed E-state index contributed by atoms with van der Waals surface area (Å²) in [6.45, 7) is 0.342. The van der Waals surface area contributed by atoms with Gasteiger partial charge in [-0.2, -0.15) is 13.2 Å². The van der Waals surface area contributed by atoms with Crippen molar-refractivity contribution in [2.24, 2.45) is 14.1 Å². The predicted molar refractivity (Wildman–Crippen MR) is 109 cm³/mol. The molecule has 1 saturated heterocycles. The fraction of sp³-hybridized carbons (Fsp3) is 0.381. The molecular formula is C21H20F3N5O3. The van der Waals surface area contributed by atoms with Gasteiger partial charge in [-0.15, -0.1) is 0 Å². The summed E-state index contributed by atoms with van der Waals surface area (Å²) >= 11 is 0. The monoisotopic (exact) mass is 447 g/mol. The van der Waals surface area contributed by atoms with Crippen LogP contribution in [0.4, 0.5) is 13.2 Å². The molecule has 1 unspecified atom stereocenters. The number of hydrogen-bond donors (Lipinski definition) is 0. The number of pyridine rings is 2. The van der Waals surface area contributed by atoms with Crippen molar-refractivity contribution in [3.8, 4) is 0 Å². The first-order valence-electron chi connectivity index (χ1n) is 10.00. The number of hydrogen-bond acceptors (Lipinski definition) is 5. The smallest absolute Gasteiger partial charge is 0.330 e. The van der Waals surface area contributed by atoms with Gasteiger partial charge in [-0.25, -0.2) is 9.78 Å². The molecule has 0 aliphatic carbocycles. The molecule has 11 heteroatoms. The molecule has 168 valence electrons. The average molecular weight is 447 g/mol. The second kappa shape index (κ2) is 7.88. The van der Waals surface area contributed by atoms with Gasteiger partial charge < -0.3 is 4.90 Å². The van der Waals surface area contributed by atoms with Crippen LogP contribution in [0.2, 0.25) is 0 Å². The summed E-state index contributed by atoms with van der Waals surface area (Å²) in [6.07, 6.45) is -0.144. The Hall–Kier alpha value is -3.50. The largest absolute Gasteiger partial charge is 0.417 e. The summed E-state index contributed by atoms with van der Waals surface area (Å²) in [6, 6.07) is 3.28. The highest BCUT2D eigenvalue weighted by Gasteiger charge is 2.38. The van der Waals surface area contributed by atoms with Crippen LogP contribution in [0.5, 0.6) is 0 Å². The number of rotatable bonds is 2. The molecule has 1 atom stereocenters. The van der Waals surface area contributed by atoms with E-state index in [9.17, 15) is 27.6 Å². The van der Waals surface area contributed by atoms with E-state index in [4.69, 9.17) is 0 Å². The Labute approximate surface area is 179 Å². The third kappa shape index (κ3) is 3.57. The van der Waals surface area contributed by atoms with Crippen molar-refractivity contribution in [2.75, 3.05) is 6.54 Å². The van der Waals surface area contributed by atoms with Crippen molar-refractivity contribution in [1.82, 2.24) is 24.0 Å². The first kappa shape index (κ1) is 21.7. The topological polar surface area (TPSA) is 90.1 Å². The lowest BCUT2D eigenvalue weighted by Gasteiger charge is -2.35. The van der Waals surface area contributed by atoms with E-state index in [0.29, 0.717) is 35.9 Å². The van der Waals surface area contributed by atoms with Gasteiger partial charge in [0.1, 0.15) is 5.65 Å². The summed E-state index contributed by atoms with van der Waals surface area (Å²) in [5.41, 5.74) is -3.08. The number of fused-ring (bicyclic) bond motifs is 1. The summed E-state index contributed by atoms with van der Waals surface area (Å²) < 4.78 is 43.5. The van der Waals surface area contributed by atoms with Crippen LogP contribution in [0.25, 0.3) is 11.0 Å². The van der Waals surface area contributed by atoms with E-state index in [-0.39, 0.29) is 17.2 Å². The molecule has 0 spiro atoms. The molecule has 32 heavy (non-hydrogen) atoms. The van der Waals surface area contributed by atoms with Crippen LogP contribution in [-0.2, 0) is 20.3 Å². The number of aryl methyl sites for hydroxylation is 1. The molecule has 0 bridgehead atoms. The van der Waals surface area contributed by atoms with Crippen LogP contribution < -0.4 is 11.2 Å². The van der Waals surface area contributed by atoms with Crippen LogP contribution in [0.15, 0.2) is 40.2 Å². The zero-order valence-corrected chi connectivity index (χ0v) is 17.4. The van der Waals surface area contributed by atoms with E-state index in [0.717, 1.165) is 17.7 Å². The molecule has 0 saturated carbocycles. The Kier molecular flexibility index (Phi) is 5.35. The Morgan fingerprint density at radius 1 is 1.16 bits per heavy atom. The summed E-state index contributed by atoms with van der Waals surface area (Å²) in [5.74, 6) is -0.365. The number of carbonyl (C=O) groups is 1. The van der Waals surface area contributed by atoms with E-state index in [1.807, 2.05) is 0 Å². The van der Waals surface area contributed by atoms with Crippen molar-refractivity contribution in [2.45, 2.75) is 31.5 Å². The lowest BCUT2D eigenvalue weighted by Crippen LogP contribution is -2.40. The Balaban J connectivity index is 1.94. The lowest BCUT2D eigenvalue weighted by atomic mass is 9.96. The van der Waals surface area contributed by atoms with Gasteiger partial charge in [0.25, 0.3) is 11.5 Å². The maximum Gasteiger partial charge on any atom is 0.417 e. The van der Waals surface area contributed by atoms with E-state index >= 15 is 0 Å². The van der Waals surface area contributed by atoms with Crippen LogP contribution in [0.3, 0.4) is 0 Å². The minimum Gasteiger partial charge on any atom is -0.330 e. The summed E-state index contributed by atoms with van der Waals surface area (Å²) in [7, 11) is 2.38. The number of aromatic nitrogens is 4. The van der Waals surface area contributed by atoms with Crippen molar-refractivity contribution >= 4 is 16.9 Å². The number of likely N-dealkylation sites (tertiary alicyclic amines) is 1. The summed E-state index contributed by atoms with van der Waals surface area (Å²) in [4.78, 5) is 47.7. The van der Waals surface area contributed by atoms with Gasteiger partial charge in [-0.3, -0.25) is 23.7 Å². The number of amides is 1. The molecule has 4 rings (SSSR count). The van der Waals surface area contributed by atoms with Crippen molar-refractivity contribution in [1.29, 1.82) is 0 Å². The minimum atomic E-state index is -4.85. The van der Waals surface area contributed by atoms with Gasteiger partial charge in [-0.05, 0) is 37.5 Å².